The zero-order valence-corrected chi connectivity index (χ0v) is 13.1. The van der Waals surface area contributed by atoms with Gasteiger partial charge < -0.3 is 10.2 Å². The molecule has 1 aromatic rings. The maximum absolute atomic E-state index is 6.29. The predicted molar refractivity (Wildman–Crippen MR) is 84.7 cm³/mol. The van der Waals surface area contributed by atoms with E-state index < -0.39 is 0 Å². The molecule has 2 unspecified atom stereocenters. The summed E-state index contributed by atoms with van der Waals surface area (Å²) in [6.07, 6.45) is 2.58. The van der Waals surface area contributed by atoms with E-state index in [-0.39, 0.29) is 0 Å². The van der Waals surface area contributed by atoms with Crippen LogP contribution in [0.5, 0.6) is 0 Å². The minimum absolute atomic E-state index is 0.546. The summed E-state index contributed by atoms with van der Waals surface area (Å²) in [4.78, 5) is 5.64. The van der Waals surface area contributed by atoms with Gasteiger partial charge in [0.2, 0.25) is 0 Å². The van der Waals surface area contributed by atoms with Crippen molar-refractivity contribution in [1.82, 2.24) is 5.32 Å². The van der Waals surface area contributed by atoms with Crippen molar-refractivity contribution in [2.45, 2.75) is 19.8 Å². The van der Waals surface area contributed by atoms with Gasteiger partial charge in [-0.25, -0.2) is 0 Å². The topological polar surface area (TPSA) is 33.6 Å². The van der Waals surface area contributed by atoms with Crippen molar-refractivity contribution in [2.24, 2.45) is 28.8 Å². The molecule has 2 atom stereocenters. The van der Waals surface area contributed by atoms with Gasteiger partial charge in [0, 0.05) is 16.5 Å². The highest BCUT2D eigenvalue weighted by Gasteiger charge is 2.55. The second kappa shape index (κ2) is 5.29. The molecule has 1 N–H and O–H groups in total. The second-order valence-electron chi connectivity index (χ2n) is 6.69. The highest BCUT2D eigenvalue weighted by atomic mass is 35.5. The average Bonchev–Trinajstić information content (AvgIpc) is 3.37. The number of oxime groups is 1. The zero-order chi connectivity index (χ0) is 14.4. The number of fused-ring (bicyclic) bond motifs is 1. The van der Waals surface area contributed by atoms with Gasteiger partial charge in [0.15, 0.2) is 0 Å². The van der Waals surface area contributed by atoms with Gasteiger partial charge in [0.05, 0.1) is 5.71 Å². The molecule has 1 aliphatic heterocycles. The van der Waals surface area contributed by atoms with E-state index in [2.05, 4.69) is 22.6 Å². The standard InChI is InChI=1S/C17H21ClN2O/c1-10-2-5-12(6-15(10)18)17(20-21-9-11-3-4-11)16-13-7-19-8-14(13)16/h2,5-6,11,13-14,16,19H,3-4,7-9H2,1H3. The van der Waals surface area contributed by atoms with Gasteiger partial charge >= 0.3 is 0 Å². The SMILES string of the molecule is Cc1ccc(C(=NOCC2CC2)C2C3CNCC32)cc1Cl. The van der Waals surface area contributed by atoms with E-state index >= 15 is 0 Å². The van der Waals surface area contributed by atoms with Crippen molar-refractivity contribution < 1.29 is 4.84 Å². The quantitative estimate of drug-likeness (QED) is 0.669. The molecule has 112 valence electrons. The van der Waals surface area contributed by atoms with Gasteiger partial charge in [-0.3, -0.25) is 0 Å². The van der Waals surface area contributed by atoms with E-state index in [9.17, 15) is 0 Å². The lowest BCUT2D eigenvalue weighted by atomic mass is 10.0. The molecular weight excluding hydrogens is 284 g/mol. The van der Waals surface area contributed by atoms with Gasteiger partial charge in [-0.15, -0.1) is 0 Å². The molecule has 3 aliphatic rings. The summed E-state index contributed by atoms with van der Waals surface area (Å²) in [7, 11) is 0. The van der Waals surface area contributed by atoms with Crippen molar-refractivity contribution in [3.8, 4) is 0 Å². The maximum atomic E-state index is 6.29. The Morgan fingerprint density at radius 1 is 1.33 bits per heavy atom. The minimum Gasteiger partial charge on any atom is -0.395 e. The maximum Gasteiger partial charge on any atom is 0.120 e. The molecule has 4 heteroatoms. The smallest absolute Gasteiger partial charge is 0.120 e. The summed E-state index contributed by atoms with van der Waals surface area (Å²) >= 11 is 6.29. The summed E-state index contributed by atoms with van der Waals surface area (Å²) in [5.41, 5.74) is 3.34. The van der Waals surface area contributed by atoms with E-state index in [1.54, 1.807) is 0 Å². The third kappa shape index (κ3) is 2.69. The zero-order valence-electron chi connectivity index (χ0n) is 12.3. The summed E-state index contributed by atoms with van der Waals surface area (Å²) in [5, 5.41) is 8.77. The van der Waals surface area contributed by atoms with Crippen LogP contribution in [-0.4, -0.2) is 25.4 Å². The number of nitrogens with zero attached hydrogens (tertiary/aromatic N) is 1. The fourth-order valence-corrected chi connectivity index (χ4v) is 3.56. The molecule has 0 aromatic heterocycles. The first-order valence-corrected chi connectivity index (χ1v) is 8.29. The molecule has 0 amide bonds. The van der Waals surface area contributed by atoms with Crippen molar-refractivity contribution in [1.29, 1.82) is 0 Å². The van der Waals surface area contributed by atoms with E-state index in [0.29, 0.717) is 5.92 Å². The fraction of sp³-hybridized carbons (Fsp3) is 0.588. The Kier molecular flexibility index (Phi) is 3.43. The highest BCUT2D eigenvalue weighted by molar-refractivity contribution is 6.31. The third-order valence-electron chi connectivity index (χ3n) is 5.05. The molecule has 0 bridgehead atoms. The van der Waals surface area contributed by atoms with Crippen LogP contribution in [0.3, 0.4) is 0 Å². The van der Waals surface area contributed by atoms with Gasteiger partial charge in [0.1, 0.15) is 6.61 Å². The lowest BCUT2D eigenvalue weighted by Gasteiger charge is -2.11. The number of piperidine rings is 1. The number of rotatable bonds is 5. The number of nitrogens with one attached hydrogen (secondary N) is 1. The first-order chi connectivity index (χ1) is 10.2. The normalized spacial score (nSPS) is 31.1. The van der Waals surface area contributed by atoms with Gasteiger partial charge in [0.25, 0.3) is 0 Å². The number of hydrogen-bond acceptors (Lipinski definition) is 3. The second-order valence-corrected chi connectivity index (χ2v) is 7.10. The average molecular weight is 305 g/mol. The van der Waals surface area contributed by atoms with Crippen LogP contribution in [-0.2, 0) is 4.84 Å². The van der Waals surface area contributed by atoms with Crippen LogP contribution in [0.2, 0.25) is 5.02 Å². The van der Waals surface area contributed by atoms with E-state index in [4.69, 9.17) is 16.4 Å². The summed E-state index contributed by atoms with van der Waals surface area (Å²) in [6, 6.07) is 6.24. The van der Waals surface area contributed by atoms with Gasteiger partial charge in [-0.1, -0.05) is 28.9 Å². The monoisotopic (exact) mass is 304 g/mol. The summed E-state index contributed by atoms with van der Waals surface area (Å²) in [6.45, 7) is 5.01. The molecule has 3 nitrogen and oxygen atoms in total. The number of benzene rings is 1. The van der Waals surface area contributed by atoms with E-state index in [1.165, 1.54) is 12.8 Å². The Labute approximate surface area is 130 Å². The van der Waals surface area contributed by atoms with Crippen LogP contribution < -0.4 is 5.32 Å². The largest absolute Gasteiger partial charge is 0.395 e. The van der Waals surface area contributed by atoms with Crippen molar-refractivity contribution in [2.75, 3.05) is 19.7 Å². The van der Waals surface area contributed by atoms with Crippen LogP contribution in [0.1, 0.15) is 24.0 Å². The number of aryl methyl sites for hydroxylation is 1. The predicted octanol–water partition coefficient (Wildman–Crippen LogP) is 3.24. The van der Waals surface area contributed by atoms with Crippen LogP contribution in [0.15, 0.2) is 23.4 Å². The Balaban J connectivity index is 1.57. The lowest BCUT2D eigenvalue weighted by Crippen LogP contribution is -2.20. The molecule has 3 fully saturated rings. The molecule has 2 aliphatic carbocycles. The minimum atomic E-state index is 0.546. The molecule has 1 saturated heterocycles. The van der Waals surface area contributed by atoms with Crippen LogP contribution >= 0.6 is 11.6 Å². The number of hydrogen-bond donors (Lipinski definition) is 1. The Morgan fingerprint density at radius 3 is 2.76 bits per heavy atom. The van der Waals surface area contributed by atoms with E-state index in [0.717, 1.165) is 59.3 Å². The van der Waals surface area contributed by atoms with Crippen molar-refractivity contribution in [3.05, 3.63) is 34.3 Å². The third-order valence-corrected chi connectivity index (χ3v) is 5.45. The lowest BCUT2D eigenvalue weighted by molar-refractivity contribution is 0.133. The number of halogens is 1. The molecule has 0 spiro atoms. The Hall–Kier alpha value is -1.06. The highest BCUT2D eigenvalue weighted by Crippen LogP contribution is 2.50. The van der Waals surface area contributed by atoms with Gasteiger partial charge in [-0.2, -0.15) is 0 Å². The molecule has 1 heterocycles. The Morgan fingerprint density at radius 2 is 2.10 bits per heavy atom. The molecule has 4 rings (SSSR count). The van der Waals surface area contributed by atoms with Crippen LogP contribution in [0.25, 0.3) is 0 Å². The first-order valence-electron chi connectivity index (χ1n) is 7.91. The molecule has 21 heavy (non-hydrogen) atoms. The van der Waals surface area contributed by atoms with E-state index in [1.807, 2.05) is 13.0 Å². The molecule has 2 saturated carbocycles. The first kappa shape index (κ1) is 13.6. The summed E-state index contributed by atoms with van der Waals surface area (Å²) in [5.74, 6) is 2.74. The molecule has 1 aromatic carbocycles. The summed E-state index contributed by atoms with van der Waals surface area (Å²) < 4.78 is 0. The van der Waals surface area contributed by atoms with Crippen LogP contribution in [0, 0.1) is 30.6 Å². The fourth-order valence-electron chi connectivity index (χ4n) is 3.38. The molecule has 0 radical (unpaired) electrons. The van der Waals surface area contributed by atoms with Crippen LogP contribution in [0.4, 0.5) is 0 Å². The Bertz CT molecular complexity index is 572. The van der Waals surface area contributed by atoms with Gasteiger partial charge in [-0.05, 0) is 62.2 Å². The van der Waals surface area contributed by atoms with Crippen molar-refractivity contribution >= 4 is 17.3 Å². The van der Waals surface area contributed by atoms with Crippen molar-refractivity contribution in [3.63, 3.8) is 0 Å². The molecular formula is C17H21ClN2O.